The van der Waals surface area contributed by atoms with E-state index in [0.29, 0.717) is 11.5 Å². The van der Waals surface area contributed by atoms with Gasteiger partial charge in [0.2, 0.25) is 0 Å². The minimum atomic E-state index is 0.463. The van der Waals surface area contributed by atoms with E-state index in [2.05, 4.69) is 52.0 Å². The molecular formula is C17H34N2. The fraction of sp³-hybridized carbons (Fsp3) is 1.00. The predicted molar refractivity (Wildman–Crippen MR) is 83.3 cm³/mol. The van der Waals surface area contributed by atoms with E-state index in [1.54, 1.807) is 0 Å². The summed E-state index contributed by atoms with van der Waals surface area (Å²) in [5.74, 6) is 2.82. The second-order valence-corrected chi connectivity index (χ2v) is 8.25. The van der Waals surface area contributed by atoms with Crippen LogP contribution in [0.2, 0.25) is 0 Å². The van der Waals surface area contributed by atoms with Crippen LogP contribution in [-0.2, 0) is 0 Å². The first-order chi connectivity index (χ1) is 8.82. The number of nitrogens with zero attached hydrogens (tertiary/aromatic N) is 1. The van der Waals surface area contributed by atoms with Crippen LogP contribution in [0.1, 0.15) is 53.4 Å². The Balaban J connectivity index is 1.96. The SMILES string of the molecule is CNC1CCC(C(C)(C)C)CC1N(C)CC1CC1C. The van der Waals surface area contributed by atoms with Crippen molar-refractivity contribution >= 4 is 0 Å². The molecule has 0 aliphatic heterocycles. The van der Waals surface area contributed by atoms with Gasteiger partial charge in [0, 0.05) is 18.6 Å². The minimum Gasteiger partial charge on any atom is -0.315 e. The van der Waals surface area contributed by atoms with E-state index in [0.717, 1.165) is 23.8 Å². The van der Waals surface area contributed by atoms with Gasteiger partial charge in [0.05, 0.1) is 0 Å². The molecule has 0 aromatic rings. The van der Waals surface area contributed by atoms with Gasteiger partial charge < -0.3 is 10.2 Å². The molecule has 0 aromatic carbocycles. The first kappa shape index (κ1) is 15.3. The normalized spacial score (nSPS) is 39.6. The molecule has 0 aromatic heterocycles. The first-order valence-electron chi connectivity index (χ1n) is 8.20. The molecule has 0 amide bonds. The summed E-state index contributed by atoms with van der Waals surface area (Å²) in [4.78, 5) is 2.66. The van der Waals surface area contributed by atoms with E-state index in [1.807, 2.05) is 0 Å². The van der Waals surface area contributed by atoms with Crippen molar-refractivity contribution in [3.63, 3.8) is 0 Å². The van der Waals surface area contributed by atoms with Crippen LogP contribution in [0.5, 0.6) is 0 Å². The van der Waals surface area contributed by atoms with Crippen molar-refractivity contribution in [2.45, 2.75) is 65.5 Å². The maximum Gasteiger partial charge on any atom is 0.0249 e. The molecule has 1 N–H and O–H groups in total. The second-order valence-electron chi connectivity index (χ2n) is 8.25. The van der Waals surface area contributed by atoms with Gasteiger partial charge in [-0.3, -0.25) is 0 Å². The molecule has 0 saturated heterocycles. The van der Waals surface area contributed by atoms with Gasteiger partial charge in [0.25, 0.3) is 0 Å². The fourth-order valence-corrected chi connectivity index (χ4v) is 3.92. The maximum atomic E-state index is 3.57. The average Bonchev–Trinajstić information content (AvgIpc) is 3.02. The van der Waals surface area contributed by atoms with Gasteiger partial charge >= 0.3 is 0 Å². The third-order valence-corrected chi connectivity index (χ3v) is 5.78. The summed E-state index contributed by atoms with van der Waals surface area (Å²) in [5.41, 5.74) is 0.463. The number of rotatable bonds is 4. The van der Waals surface area contributed by atoms with E-state index in [1.165, 1.54) is 32.2 Å². The second kappa shape index (κ2) is 5.73. The lowest BCUT2D eigenvalue weighted by Crippen LogP contribution is -2.52. The lowest BCUT2D eigenvalue weighted by molar-refractivity contribution is 0.0718. The Kier molecular flexibility index (Phi) is 4.62. The molecule has 0 spiro atoms. The molecule has 2 saturated carbocycles. The Morgan fingerprint density at radius 1 is 1.16 bits per heavy atom. The molecule has 19 heavy (non-hydrogen) atoms. The molecule has 0 radical (unpaired) electrons. The van der Waals surface area contributed by atoms with Crippen LogP contribution in [0.25, 0.3) is 0 Å². The van der Waals surface area contributed by atoms with Crippen LogP contribution in [0.4, 0.5) is 0 Å². The van der Waals surface area contributed by atoms with Gasteiger partial charge in [-0.1, -0.05) is 27.7 Å². The topological polar surface area (TPSA) is 15.3 Å². The Hall–Kier alpha value is -0.0800. The molecule has 0 bridgehead atoms. The largest absolute Gasteiger partial charge is 0.315 e. The van der Waals surface area contributed by atoms with E-state index in [9.17, 15) is 0 Å². The van der Waals surface area contributed by atoms with Crippen molar-refractivity contribution in [3.8, 4) is 0 Å². The molecule has 2 fully saturated rings. The van der Waals surface area contributed by atoms with Crippen molar-refractivity contribution in [1.29, 1.82) is 0 Å². The van der Waals surface area contributed by atoms with Gasteiger partial charge in [-0.15, -0.1) is 0 Å². The Labute approximate surface area is 120 Å². The minimum absolute atomic E-state index is 0.463. The van der Waals surface area contributed by atoms with Crippen LogP contribution in [-0.4, -0.2) is 37.6 Å². The molecule has 0 heterocycles. The highest BCUT2D eigenvalue weighted by Gasteiger charge is 2.40. The molecular weight excluding hydrogens is 232 g/mol. The van der Waals surface area contributed by atoms with Crippen LogP contribution in [0.3, 0.4) is 0 Å². The van der Waals surface area contributed by atoms with Crippen LogP contribution < -0.4 is 5.32 Å². The Morgan fingerprint density at radius 2 is 1.79 bits per heavy atom. The lowest BCUT2D eigenvalue weighted by Gasteiger charge is -2.45. The smallest absolute Gasteiger partial charge is 0.0249 e. The molecule has 2 rings (SSSR count). The van der Waals surface area contributed by atoms with Gasteiger partial charge in [-0.25, -0.2) is 0 Å². The molecule has 5 atom stereocenters. The van der Waals surface area contributed by atoms with E-state index >= 15 is 0 Å². The van der Waals surface area contributed by atoms with Crippen LogP contribution >= 0.6 is 0 Å². The standard InChI is InChI=1S/C17H34N2/c1-12-9-13(12)11-19(6)16-10-14(17(2,3)4)7-8-15(16)18-5/h12-16,18H,7-11H2,1-6H3. The van der Waals surface area contributed by atoms with Gasteiger partial charge in [0.1, 0.15) is 0 Å². The number of hydrogen-bond acceptors (Lipinski definition) is 2. The van der Waals surface area contributed by atoms with Crippen LogP contribution in [0, 0.1) is 23.2 Å². The van der Waals surface area contributed by atoms with Crippen molar-refractivity contribution in [2.75, 3.05) is 20.6 Å². The highest BCUT2D eigenvalue weighted by molar-refractivity contribution is 4.95. The summed E-state index contributed by atoms with van der Waals surface area (Å²) < 4.78 is 0. The molecule has 2 aliphatic rings. The Morgan fingerprint density at radius 3 is 2.26 bits per heavy atom. The molecule has 2 heteroatoms. The van der Waals surface area contributed by atoms with Gasteiger partial charge in [-0.05, 0) is 62.9 Å². The summed E-state index contributed by atoms with van der Waals surface area (Å²) in [6.45, 7) is 10.9. The van der Waals surface area contributed by atoms with Crippen molar-refractivity contribution < 1.29 is 0 Å². The van der Waals surface area contributed by atoms with E-state index < -0.39 is 0 Å². The number of nitrogens with one attached hydrogen (secondary N) is 1. The molecule has 2 nitrogen and oxygen atoms in total. The van der Waals surface area contributed by atoms with Crippen molar-refractivity contribution in [2.24, 2.45) is 23.2 Å². The van der Waals surface area contributed by atoms with E-state index in [-0.39, 0.29) is 0 Å². The summed E-state index contributed by atoms with van der Waals surface area (Å²) >= 11 is 0. The van der Waals surface area contributed by atoms with E-state index in [4.69, 9.17) is 0 Å². The summed E-state index contributed by atoms with van der Waals surface area (Å²) in [6, 6.07) is 1.42. The monoisotopic (exact) mass is 266 g/mol. The van der Waals surface area contributed by atoms with Crippen molar-refractivity contribution in [1.82, 2.24) is 10.2 Å². The summed E-state index contributed by atoms with van der Waals surface area (Å²) in [5, 5.41) is 3.57. The zero-order valence-corrected chi connectivity index (χ0v) is 13.9. The quantitative estimate of drug-likeness (QED) is 0.839. The first-order valence-corrected chi connectivity index (χ1v) is 8.20. The Bertz CT molecular complexity index is 294. The molecule has 112 valence electrons. The maximum absolute atomic E-state index is 3.57. The summed E-state index contributed by atoms with van der Waals surface area (Å²) in [7, 11) is 4.49. The predicted octanol–water partition coefficient (Wildman–Crippen LogP) is 3.38. The molecule has 2 aliphatic carbocycles. The fourth-order valence-electron chi connectivity index (χ4n) is 3.92. The molecule has 5 unspecified atom stereocenters. The number of hydrogen-bond donors (Lipinski definition) is 1. The average molecular weight is 266 g/mol. The highest BCUT2D eigenvalue weighted by Crippen LogP contribution is 2.42. The van der Waals surface area contributed by atoms with Gasteiger partial charge in [-0.2, -0.15) is 0 Å². The van der Waals surface area contributed by atoms with Crippen LogP contribution in [0.15, 0.2) is 0 Å². The zero-order valence-electron chi connectivity index (χ0n) is 13.9. The van der Waals surface area contributed by atoms with Gasteiger partial charge in [0.15, 0.2) is 0 Å². The van der Waals surface area contributed by atoms with Crippen molar-refractivity contribution in [3.05, 3.63) is 0 Å². The third kappa shape index (κ3) is 3.72. The third-order valence-electron chi connectivity index (χ3n) is 5.78. The zero-order chi connectivity index (χ0) is 14.2. The highest BCUT2D eigenvalue weighted by atomic mass is 15.2. The lowest BCUT2D eigenvalue weighted by atomic mass is 9.69. The number of likely N-dealkylation sites (N-methyl/N-ethyl adjacent to an activating group) is 2. The summed E-state index contributed by atoms with van der Waals surface area (Å²) in [6.07, 6.45) is 5.55.